The second kappa shape index (κ2) is 5.90. The first-order chi connectivity index (χ1) is 11.8. The van der Waals surface area contributed by atoms with Crippen LogP contribution in [-0.2, 0) is 27.7 Å². The Morgan fingerprint density at radius 3 is 2.92 bits per heavy atom. The van der Waals surface area contributed by atoms with Crippen LogP contribution in [0, 0.1) is 0 Å². The molecular weight excluding hydrogens is 349 g/mol. The molecule has 10 heteroatoms. The number of nitrogens with two attached hydrogens (primary N) is 1. The average molecular weight is 371 g/mol. The van der Waals surface area contributed by atoms with Crippen LogP contribution in [0.2, 0.25) is 0 Å². The number of ether oxygens (including phenoxy) is 1. The van der Waals surface area contributed by atoms with Crippen LogP contribution in [0.5, 0.6) is 0 Å². The quantitative estimate of drug-likeness (QED) is 0.705. The summed E-state index contributed by atoms with van der Waals surface area (Å²) in [7, 11) is -3.67. The topological polar surface area (TPSA) is 112 Å². The lowest BCUT2D eigenvalue weighted by atomic mass is 9.93. The number of rotatable bonds is 3. The van der Waals surface area contributed by atoms with Crippen LogP contribution < -0.4 is 11.1 Å². The highest BCUT2D eigenvalue weighted by Gasteiger charge is 2.60. The van der Waals surface area contributed by atoms with Gasteiger partial charge in [0.15, 0.2) is 6.23 Å². The van der Waals surface area contributed by atoms with Crippen molar-refractivity contribution in [2.24, 2.45) is 5.73 Å². The van der Waals surface area contributed by atoms with Crippen molar-refractivity contribution in [3.8, 4) is 0 Å². The minimum atomic E-state index is -3.67. The average Bonchev–Trinajstić information content (AvgIpc) is 2.75. The van der Waals surface area contributed by atoms with E-state index < -0.39 is 31.8 Å². The van der Waals surface area contributed by atoms with Gasteiger partial charge in [0, 0.05) is 12.3 Å². The van der Waals surface area contributed by atoms with Gasteiger partial charge in [-0.1, -0.05) is 6.58 Å². The van der Waals surface area contributed by atoms with Crippen molar-refractivity contribution in [1.29, 1.82) is 0 Å². The largest absolute Gasteiger partial charge is 0.475 e. The smallest absolute Gasteiger partial charge is 0.347 e. The predicted octanol–water partition coefficient (Wildman–Crippen LogP) is 0.938. The molecule has 0 aromatic carbocycles. The van der Waals surface area contributed by atoms with Crippen molar-refractivity contribution in [2.45, 2.75) is 56.3 Å². The number of amides is 1. The molecule has 9 nitrogen and oxygen atoms in total. The lowest BCUT2D eigenvalue weighted by Gasteiger charge is -2.40. The highest BCUT2D eigenvalue weighted by atomic mass is 31.2. The van der Waals surface area contributed by atoms with E-state index in [1.807, 2.05) is 0 Å². The van der Waals surface area contributed by atoms with Crippen LogP contribution in [-0.4, -0.2) is 47.5 Å². The third-order valence-electron chi connectivity index (χ3n) is 4.97. The molecule has 0 bridgehead atoms. The molecule has 1 amide bonds. The highest BCUT2D eigenvalue weighted by molar-refractivity contribution is 7.48. The number of phosphoric acid groups is 1. The van der Waals surface area contributed by atoms with Crippen molar-refractivity contribution < 1.29 is 27.7 Å². The van der Waals surface area contributed by atoms with E-state index in [-0.39, 0.29) is 18.6 Å². The van der Waals surface area contributed by atoms with Crippen molar-refractivity contribution in [1.82, 2.24) is 10.2 Å². The normalized spacial score (nSPS) is 44.4. The van der Waals surface area contributed by atoms with E-state index in [1.54, 1.807) is 18.0 Å². The summed E-state index contributed by atoms with van der Waals surface area (Å²) in [4.78, 5) is 13.0. The Balaban J connectivity index is 1.53. The van der Waals surface area contributed by atoms with Crippen LogP contribution in [0.25, 0.3) is 0 Å². The molecule has 3 fully saturated rings. The van der Waals surface area contributed by atoms with Gasteiger partial charge in [0.2, 0.25) is 0 Å². The minimum absolute atomic E-state index is 0.0638. The van der Waals surface area contributed by atoms with E-state index in [0.717, 1.165) is 19.3 Å². The van der Waals surface area contributed by atoms with E-state index in [9.17, 15) is 9.36 Å². The molecule has 3 N–H and O–H groups in total. The van der Waals surface area contributed by atoms with Crippen molar-refractivity contribution >= 4 is 13.7 Å². The number of fused-ring (bicyclic) bond motifs is 1. The Morgan fingerprint density at radius 2 is 2.28 bits per heavy atom. The van der Waals surface area contributed by atoms with Gasteiger partial charge in [-0.2, -0.15) is 0 Å². The number of carbonyl (C=O) groups excluding carboxylic acids is 1. The van der Waals surface area contributed by atoms with Crippen LogP contribution in [0.4, 0.5) is 0 Å². The van der Waals surface area contributed by atoms with Crippen LogP contribution in [0.1, 0.15) is 26.2 Å². The molecule has 0 aromatic heterocycles. The number of hydrogen-bond donors (Lipinski definition) is 2. The third-order valence-corrected chi connectivity index (χ3v) is 6.48. The van der Waals surface area contributed by atoms with E-state index >= 15 is 0 Å². The zero-order chi connectivity index (χ0) is 17.8. The van der Waals surface area contributed by atoms with Crippen molar-refractivity contribution in [3.05, 3.63) is 24.7 Å². The fourth-order valence-electron chi connectivity index (χ4n) is 3.35. The number of hydrogen-bond acceptors (Lipinski definition) is 8. The highest BCUT2D eigenvalue weighted by Crippen LogP contribution is 2.59. The summed E-state index contributed by atoms with van der Waals surface area (Å²) in [5.41, 5.74) is 5.47. The van der Waals surface area contributed by atoms with Gasteiger partial charge >= 0.3 is 7.82 Å². The molecular formula is C15H22N3O6P. The Labute approximate surface area is 145 Å². The van der Waals surface area contributed by atoms with Gasteiger partial charge in [-0.15, -0.1) is 0 Å². The number of phosphoric ester groups is 1. The molecule has 0 spiro atoms. The van der Waals surface area contributed by atoms with Crippen molar-refractivity contribution in [3.63, 3.8) is 0 Å². The van der Waals surface area contributed by atoms with Crippen LogP contribution >= 0.6 is 7.82 Å². The first kappa shape index (κ1) is 17.2. The van der Waals surface area contributed by atoms with E-state index in [4.69, 9.17) is 24.0 Å². The first-order valence-electron chi connectivity index (χ1n) is 8.31. The summed E-state index contributed by atoms with van der Waals surface area (Å²) in [6, 6.07) is 0. The zero-order valence-corrected chi connectivity index (χ0v) is 14.8. The third kappa shape index (κ3) is 2.95. The maximum atomic E-state index is 12.8. The fraction of sp³-hybridized carbons (Fsp3) is 0.667. The Hall–Kier alpha value is -1.22. The Morgan fingerprint density at radius 1 is 1.52 bits per heavy atom. The molecule has 5 atom stereocenters. The van der Waals surface area contributed by atoms with E-state index in [2.05, 4.69) is 11.9 Å². The Kier molecular flexibility index (Phi) is 4.06. The van der Waals surface area contributed by atoms with Gasteiger partial charge in [-0.25, -0.2) is 4.57 Å². The molecule has 0 radical (unpaired) electrons. The summed E-state index contributed by atoms with van der Waals surface area (Å²) in [5.74, 6) is 0.0796. The molecule has 4 rings (SSSR count). The molecule has 1 saturated carbocycles. The summed E-state index contributed by atoms with van der Waals surface area (Å²) >= 11 is 0. The zero-order valence-electron chi connectivity index (χ0n) is 13.9. The maximum absolute atomic E-state index is 12.8. The van der Waals surface area contributed by atoms with Crippen molar-refractivity contribution in [2.75, 3.05) is 6.61 Å². The summed E-state index contributed by atoms with van der Waals surface area (Å²) in [5, 5.41) is 2.60. The number of nitrogens with zero attached hydrogens (tertiary/aromatic N) is 1. The molecule has 4 aliphatic rings. The van der Waals surface area contributed by atoms with E-state index in [1.165, 1.54) is 6.08 Å². The molecule has 138 valence electrons. The fourth-order valence-corrected chi connectivity index (χ4v) is 5.07. The van der Waals surface area contributed by atoms with Gasteiger partial charge in [0.25, 0.3) is 5.91 Å². The number of nitrogens with one attached hydrogen (secondary N) is 1. The first-order valence-corrected chi connectivity index (χ1v) is 9.77. The molecule has 3 heterocycles. The van der Waals surface area contributed by atoms with Gasteiger partial charge in [-0.05, 0) is 26.2 Å². The second-order valence-corrected chi connectivity index (χ2v) is 8.55. The van der Waals surface area contributed by atoms with Gasteiger partial charge < -0.3 is 20.7 Å². The molecule has 0 aromatic rings. The lowest BCUT2D eigenvalue weighted by molar-refractivity contribution is -0.118. The van der Waals surface area contributed by atoms with Gasteiger partial charge in [0.05, 0.1) is 18.2 Å². The molecule has 1 unspecified atom stereocenters. The summed E-state index contributed by atoms with van der Waals surface area (Å²) in [6.07, 6.45) is 3.74. The molecule has 2 saturated heterocycles. The molecule has 1 aliphatic carbocycles. The Bertz CT molecular complexity index is 676. The standard InChI is InChI=1S/C15H22N3O6P/c1-9-17-12(19)6-7-18(9)14-15(2,16)13-11(22-14)8-21-25(20,24-13)23-10-4-3-5-10/h6-7,10-11,13-14H,1,3-5,8,16H2,2H3,(H,17,19)/t11-,13?,14-,15-,25+/m1/s1. The number of carbonyl (C=O) groups is 1. The minimum Gasteiger partial charge on any atom is -0.347 e. The molecule has 25 heavy (non-hydrogen) atoms. The maximum Gasteiger partial charge on any atom is 0.475 e. The van der Waals surface area contributed by atoms with E-state index in [0.29, 0.717) is 5.82 Å². The monoisotopic (exact) mass is 371 g/mol. The summed E-state index contributed by atoms with van der Waals surface area (Å²) in [6.45, 7) is 5.63. The van der Waals surface area contributed by atoms with Gasteiger partial charge in [0.1, 0.15) is 18.0 Å². The lowest BCUT2D eigenvalue weighted by Crippen LogP contribution is -2.60. The second-order valence-electron chi connectivity index (χ2n) is 6.98. The summed E-state index contributed by atoms with van der Waals surface area (Å²) < 4.78 is 35.3. The van der Waals surface area contributed by atoms with Gasteiger partial charge in [-0.3, -0.25) is 18.4 Å². The molecule has 3 aliphatic heterocycles. The van der Waals surface area contributed by atoms with Crippen LogP contribution in [0.15, 0.2) is 24.7 Å². The SMILES string of the molecule is C=C1NC(=O)C=CN1[C@@H]1O[C@@H]2CO[P@@](=O)(OC3CCC3)OC2[C@@]1(C)N. The van der Waals surface area contributed by atoms with Crippen LogP contribution in [0.3, 0.4) is 0 Å². The predicted molar refractivity (Wildman–Crippen MR) is 86.7 cm³/mol.